The minimum absolute atomic E-state index is 0.664. The Morgan fingerprint density at radius 2 is 1.03 bits per heavy atom. The lowest BCUT2D eigenvalue weighted by Crippen LogP contribution is -2.10. The third-order valence-electron chi connectivity index (χ3n) is 11.4. The number of para-hydroxylation sites is 2. The van der Waals surface area contributed by atoms with E-state index in [1.807, 2.05) is 41.7 Å². The Hall–Kier alpha value is -7.60. The van der Waals surface area contributed by atoms with E-state index in [2.05, 4.69) is 175 Å². The first kappa shape index (κ1) is 33.5. The van der Waals surface area contributed by atoms with E-state index in [4.69, 9.17) is 14.4 Å². The Balaban J connectivity index is 1.15. The van der Waals surface area contributed by atoms with Crippen LogP contribution >= 0.6 is 11.3 Å². The summed E-state index contributed by atoms with van der Waals surface area (Å²) in [6.07, 6.45) is 0. The zero-order valence-corrected chi connectivity index (χ0v) is 32.5. The summed E-state index contributed by atoms with van der Waals surface area (Å²) < 4.78 is 9.28. The van der Waals surface area contributed by atoms with Crippen LogP contribution in [0, 0.1) is 0 Å². The largest absolute Gasteiger partial charge is 0.456 e. The lowest BCUT2D eigenvalue weighted by molar-refractivity contribution is 0.669. The Morgan fingerprint density at radius 1 is 0.390 bits per heavy atom. The number of anilines is 3. The number of hydrogen-bond donors (Lipinski definition) is 0. The molecule has 12 rings (SSSR count). The molecule has 0 atom stereocenters. The van der Waals surface area contributed by atoms with Crippen molar-refractivity contribution in [1.82, 2.24) is 9.97 Å². The first-order valence-corrected chi connectivity index (χ1v) is 20.6. The molecule has 0 aliphatic heterocycles. The first-order chi connectivity index (χ1) is 29.2. The second-order valence-electron chi connectivity index (χ2n) is 14.9. The molecule has 9 aromatic carbocycles. The van der Waals surface area contributed by atoms with Gasteiger partial charge in [0.25, 0.3) is 0 Å². The molecule has 0 N–H and O–H groups in total. The molecule has 0 aliphatic rings. The highest BCUT2D eigenvalue weighted by Crippen LogP contribution is 2.46. The molecule has 0 saturated heterocycles. The molecule has 5 heteroatoms. The lowest BCUT2D eigenvalue weighted by atomic mass is 9.94. The maximum absolute atomic E-state index is 6.75. The van der Waals surface area contributed by atoms with Gasteiger partial charge in [0.05, 0.1) is 17.1 Å². The summed E-state index contributed by atoms with van der Waals surface area (Å²) in [4.78, 5) is 13.1. The number of fused-ring (bicyclic) bond motifs is 9. The van der Waals surface area contributed by atoms with Gasteiger partial charge in [0.2, 0.25) is 0 Å². The van der Waals surface area contributed by atoms with Crippen molar-refractivity contribution in [2.24, 2.45) is 0 Å². The molecular weight excluding hydrogens is 739 g/mol. The number of hydrogen-bond acceptors (Lipinski definition) is 5. The number of furan rings is 1. The Bertz CT molecular complexity index is 3570. The zero-order valence-electron chi connectivity index (χ0n) is 31.7. The van der Waals surface area contributed by atoms with E-state index < -0.39 is 0 Å². The van der Waals surface area contributed by atoms with Crippen LogP contribution < -0.4 is 4.90 Å². The quantitative estimate of drug-likeness (QED) is 0.158. The maximum atomic E-state index is 6.75. The van der Waals surface area contributed by atoms with Gasteiger partial charge in [-0.15, -0.1) is 11.3 Å². The smallest absolute Gasteiger partial charge is 0.160 e. The van der Waals surface area contributed by atoms with Crippen molar-refractivity contribution >= 4 is 92.1 Å². The minimum atomic E-state index is 0.664. The predicted octanol–water partition coefficient (Wildman–Crippen LogP) is 15.5. The Morgan fingerprint density at radius 3 is 1.86 bits per heavy atom. The standard InChI is InChI=1S/C54H33N3OS/c1-3-15-34(16-4-1)54-55-47(45-29-35-17-7-8-20-39(35)40-21-9-10-22-41(40)45)33-48(56-54)46-30-38(31-50-53(46)44-24-11-13-25-49(44)58-50)57(36-18-5-2-6-19-36)37-27-28-43-42-23-12-14-26-51(42)59-52(43)32-37/h1-33H. The van der Waals surface area contributed by atoms with Crippen LogP contribution in [0.15, 0.2) is 205 Å². The summed E-state index contributed by atoms with van der Waals surface area (Å²) in [7, 11) is 0. The Kier molecular flexibility index (Phi) is 7.68. The summed E-state index contributed by atoms with van der Waals surface area (Å²) in [5.74, 6) is 0.664. The zero-order chi connectivity index (χ0) is 38.9. The van der Waals surface area contributed by atoms with Crippen LogP contribution in [0.2, 0.25) is 0 Å². The predicted molar refractivity (Wildman–Crippen MR) is 248 cm³/mol. The van der Waals surface area contributed by atoms with Crippen molar-refractivity contribution in [3.05, 3.63) is 200 Å². The molecule has 4 nitrogen and oxygen atoms in total. The van der Waals surface area contributed by atoms with E-state index in [9.17, 15) is 0 Å². The van der Waals surface area contributed by atoms with Crippen molar-refractivity contribution < 1.29 is 4.42 Å². The minimum Gasteiger partial charge on any atom is -0.456 e. The van der Waals surface area contributed by atoms with E-state index in [1.54, 1.807) is 0 Å². The van der Waals surface area contributed by atoms with Crippen LogP contribution in [-0.4, -0.2) is 9.97 Å². The van der Waals surface area contributed by atoms with Gasteiger partial charge in [-0.1, -0.05) is 140 Å². The highest BCUT2D eigenvalue weighted by atomic mass is 32.1. The van der Waals surface area contributed by atoms with Crippen LogP contribution in [-0.2, 0) is 0 Å². The molecule has 0 amide bonds. The van der Waals surface area contributed by atoms with Gasteiger partial charge in [0, 0.05) is 65.1 Å². The van der Waals surface area contributed by atoms with Gasteiger partial charge in [0.1, 0.15) is 11.2 Å². The molecular formula is C54H33N3OS. The number of nitrogens with zero attached hydrogens (tertiary/aromatic N) is 3. The average molecular weight is 772 g/mol. The molecule has 0 aliphatic carbocycles. The summed E-state index contributed by atoms with van der Waals surface area (Å²) in [6.45, 7) is 0. The molecule has 0 unspecified atom stereocenters. The van der Waals surface area contributed by atoms with Crippen LogP contribution in [0.4, 0.5) is 17.1 Å². The van der Waals surface area contributed by atoms with Gasteiger partial charge in [-0.25, -0.2) is 9.97 Å². The molecule has 0 saturated carbocycles. The Labute approximate surface area is 343 Å². The van der Waals surface area contributed by atoms with E-state index in [-0.39, 0.29) is 0 Å². The third-order valence-corrected chi connectivity index (χ3v) is 12.6. The van der Waals surface area contributed by atoms with Crippen molar-refractivity contribution in [2.45, 2.75) is 0 Å². The van der Waals surface area contributed by atoms with Crippen molar-refractivity contribution in [3.63, 3.8) is 0 Å². The fourth-order valence-corrected chi connectivity index (χ4v) is 9.89. The van der Waals surface area contributed by atoms with Crippen molar-refractivity contribution in [2.75, 3.05) is 4.90 Å². The molecule has 3 heterocycles. The number of rotatable bonds is 6. The highest BCUT2D eigenvalue weighted by molar-refractivity contribution is 7.25. The van der Waals surface area contributed by atoms with Crippen molar-refractivity contribution in [1.29, 1.82) is 0 Å². The van der Waals surface area contributed by atoms with Gasteiger partial charge in [-0.3, -0.25) is 0 Å². The second kappa shape index (κ2) is 13.5. The molecule has 0 bridgehead atoms. The molecule has 59 heavy (non-hydrogen) atoms. The monoisotopic (exact) mass is 771 g/mol. The summed E-state index contributed by atoms with van der Waals surface area (Å²) in [5.41, 5.74) is 9.36. The van der Waals surface area contributed by atoms with Crippen molar-refractivity contribution in [3.8, 4) is 33.9 Å². The fraction of sp³-hybridized carbons (Fsp3) is 0. The van der Waals surface area contributed by atoms with E-state index in [1.165, 1.54) is 36.3 Å². The average Bonchev–Trinajstić information content (AvgIpc) is 3.87. The van der Waals surface area contributed by atoms with Gasteiger partial charge in [-0.05, 0) is 76.1 Å². The third kappa shape index (κ3) is 5.58. The maximum Gasteiger partial charge on any atom is 0.160 e. The van der Waals surface area contributed by atoms with E-state index in [0.717, 1.165) is 72.5 Å². The van der Waals surface area contributed by atoms with Gasteiger partial charge >= 0.3 is 0 Å². The van der Waals surface area contributed by atoms with Gasteiger partial charge in [-0.2, -0.15) is 0 Å². The highest BCUT2D eigenvalue weighted by Gasteiger charge is 2.23. The SMILES string of the molecule is c1ccc(-c2nc(-c3cc4ccccc4c4ccccc34)cc(-c3cc(N(c4ccccc4)c4ccc5c(c4)sc4ccccc45)cc4oc5ccccc5c34)n2)cc1. The molecule has 0 spiro atoms. The van der Waals surface area contributed by atoms with E-state index in [0.29, 0.717) is 5.82 Å². The first-order valence-electron chi connectivity index (χ1n) is 19.8. The number of benzene rings is 9. The summed E-state index contributed by atoms with van der Waals surface area (Å²) >= 11 is 1.83. The van der Waals surface area contributed by atoms with Crippen LogP contribution in [0.1, 0.15) is 0 Å². The number of thiophene rings is 1. The molecule has 0 fully saturated rings. The topological polar surface area (TPSA) is 42.2 Å². The fourth-order valence-electron chi connectivity index (χ4n) is 8.75. The van der Waals surface area contributed by atoms with Gasteiger partial charge < -0.3 is 9.32 Å². The normalized spacial score (nSPS) is 11.7. The van der Waals surface area contributed by atoms with Crippen LogP contribution in [0.25, 0.3) is 97.6 Å². The summed E-state index contributed by atoms with van der Waals surface area (Å²) in [5, 5.41) is 9.34. The van der Waals surface area contributed by atoms with Crippen LogP contribution in [0.5, 0.6) is 0 Å². The van der Waals surface area contributed by atoms with Gasteiger partial charge in [0.15, 0.2) is 5.82 Å². The van der Waals surface area contributed by atoms with Crippen LogP contribution in [0.3, 0.4) is 0 Å². The second-order valence-corrected chi connectivity index (χ2v) is 16.0. The number of aromatic nitrogens is 2. The molecule has 276 valence electrons. The lowest BCUT2D eigenvalue weighted by Gasteiger charge is -2.26. The van der Waals surface area contributed by atoms with E-state index >= 15 is 0 Å². The molecule has 0 radical (unpaired) electrons. The molecule has 12 aromatic rings. The summed E-state index contributed by atoms with van der Waals surface area (Å²) in [6, 6.07) is 70.8. The molecule has 3 aromatic heterocycles.